The third kappa shape index (κ3) is 1.81. The van der Waals surface area contributed by atoms with E-state index >= 15 is 0 Å². The molecule has 16 heavy (non-hydrogen) atoms. The lowest BCUT2D eigenvalue weighted by Gasteiger charge is -2.12. The zero-order chi connectivity index (χ0) is 11.7. The second kappa shape index (κ2) is 4.01. The maximum Gasteiger partial charge on any atom is 0.116 e. The Kier molecular flexibility index (Phi) is 2.69. The van der Waals surface area contributed by atoms with Crippen molar-refractivity contribution in [1.29, 1.82) is 0 Å². The molecule has 0 aliphatic rings. The second-order valence-electron chi connectivity index (χ2n) is 4.27. The van der Waals surface area contributed by atoms with Crippen molar-refractivity contribution in [2.24, 2.45) is 0 Å². The Hall–Kier alpha value is -1.76. The molecule has 2 aromatic carbocycles. The monoisotopic (exact) mass is 212 g/mol. The molecule has 82 valence electrons. The summed E-state index contributed by atoms with van der Waals surface area (Å²) in [5, 5.41) is 9.58. The first-order valence-electron chi connectivity index (χ1n) is 5.46. The van der Waals surface area contributed by atoms with Crippen LogP contribution in [-0.4, -0.2) is 5.11 Å². The minimum atomic E-state index is 0.322. The fourth-order valence-corrected chi connectivity index (χ4v) is 2.12. The normalized spacial score (nSPS) is 10.4. The summed E-state index contributed by atoms with van der Waals surface area (Å²) < 4.78 is 0. The summed E-state index contributed by atoms with van der Waals surface area (Å²) in [5.74, 6) is 0.322. The molecule has 2 rings (SSSR count). The molecular weight excluding hydrogens is 196 g/mol. The standard InChI is InChI=1S/C15H16O/c1-10-7-8-13(16)9-14(10)15-11(2)5-4-6-12(15)3/h4-9,16H,1-3H3. The summed E-state index contributed by atoms with van der Waals surface area (Å²) in [7, 11) is 0. The van der Waals surface area contributed by atoms with Crippen LogP contribution in [0.1, 0.15) is 16.7 Å². The van der Waals surface area contributed by atoms with Crippen molar-refractivity contribution in [2.45, 2.75) is 20.8 Å². The Morgan fingerprint density at radius 2 is 1.44 bits per heavy atom. The van der Waals surface area contributed by atoms with E-state index in [4.69, 9.17) is 0 Å². The van der Waals surface area contributed by atoms with Gasteiger partial charge in [-0.1, -0.05) is 24.3 Å². The third-order valence-corrected chi connectivity index (χ3v) is 2.97. The van der Waals surface area contributed by atoms with Crippen molar-refractivity contribution in [3.63, 3.8) is 0 Å². The Bertz CT molecular complexity index is 507. The maximum atomic E-state index is 9.58. The number of aryl methyl sites for hydroxylation is 3. The molecule has 0 radical (unpaired) electrons. The van der Waals surface area contributed by atoms with E-state index in [0.29, 0.717) is 5.75 Å². The van der Waals surface area contributed by atoms with Crippen molar-refractivity contribution in [3.8, 4) is 16.9 Å². The van der Waals surface area contributed by atoms with Crippen molar-refractivity contribution in [3.05, 3.63) is 53.1 Å². The largest absolute Gasteiger partial charge is 0.508 e. The van der Waals surface area contributed by atoms with E-state index in [1.807, 2.05) is 12.1 Å². The molecule has 0 bridgehead atoms. The van der Waals surface area contributed by atoms with Gasteiger partial charge in [0.15, 0.2) is 0 Å². The highest BCUT2D eigenvalue weighted by Gasteiger charge is 2.08. The summed E-state index contributed by atoms with van der Waals surface area (Å²) in [6.45, 7) is 6.28. The Morgan fingerprint density at radius 1 is 0.812 bits per heavy atom. The minimum Gasteiger partial charge on any atom is -0.508 e. The molecule has 0 fully saturated rings. The summed E-state index contributed by atoms with van der Waals surface area (Å²) in [6.07, 6.45) is 0. The molecule has 0 saturated carbocycles. The van der Waals surface area contributed by atoms with Gasteiger partial charge >= 0.3 is 0 Å². The van der Waals surface area contributed by atoms with Crippen LogP contribution in [0.3, 0.4) is 0 Å². The van der Waals surface area contributed by atoms with E-state index in [1.165, 1.54) is 22.3 Å². The van der Waals surface area contributed by atoms with E-state index in [9.17, 15) is 5.11 Å². The van der Waals surface area contributed by atoms with Gasteiger partial charge in [-0.25, -0.2) is 0 Å². The molecule has 0 atom stereocenters. The molecule has 0 aliphatic carbocycles. The number of rotatable bonds is 1. The van der Waals surface area contributed by atoms with Gasteiger partial charge in [-0.2, -0.15) is 0 Å². The van der Waals surface area contributed by atoms with E-state index in [2.05, 4.69) is 39.0 Å². The summed E-state index contributed by atoms with van der Waals surface area (Å²) in [6, 6.07) is 11.8. The highest BCUT2D eigenvalue weighted by atomic mass is 16.3. The lowest BCUT2D eigenvalue weighted by atomic mass is 9.93. The zero-order valence-electron chi connectivity index (χ0n) is 9.91. The van der Waals surface area contributed by atoms with Crippen molar-refractivity contribution >= 4 is 0 Å². The lowest BCUT2D eigenvalue weighted by Crippen LogP contribution is -1.90. The molecule has 0 heterocycles. The van der Waals surface area contributed by atoms with Gasteiger partial charge < -0.3 is 5.11 Å². The van der Waals surface area contributed by atoms with Crippen LogP contribution in [-0.2, 0) is 0 Å². The van der Waals surface area contributed by atoms with Gasteiger partial charge in [0, 0.05) is 0 Å². The van der Waals surface area contributed by atoms with Crippen LogP contribution in [0.5, 0.6) is 5.75 Å². The summed E-state index contributed by atoms with van der Waals surface area (Å²) >= 11 is 0. The lowest BCUT2D eigenvalue weighted by molar-refractivity contribution is 0.475. The Labute approximate surface area is 96.4 Å². The number of hydrogen-bond acceptors (Lipinski definition) is 1. The predicted octanol–water partition coefficient (Wildman–Crippen LogP) is 3.98. The van der Waals surface area contributed by atoms with Crippen LogP contribution in [0.15, 0.2) is 36.4 Å². The van der Waals surface area contributed by atoms with E-state index in [0.717, 1.165) is 5.56 Å². The van der Waals surface area contributed by atoms with Crippen LogP contribution >= 0.6 is 0 Å². The van der Waals surface area contributed by atoms with Gasteiger partial charge in [-0.15, -0.1) is 0 Å². The van der Waals surface area contributed by atoms with Crippen molar-refractivity contribution in [2.75, 3.05) is 0 Å². The first-order valence-corrected chi connectivity index (χ1v) is 5.46. The zero-order valence-corrected chi connectivity index (χ0v) is 9.91. The molecule has 0 saturated heterocycles. The summed E-state index contributed by atoms with van der Waals surface area (Å²) in [5.41, 5.74) is 6.03. The number of benzene rings is 2. The third-order valence-electron chi connectivity index (χ3n) is 2.97. The Balaban J connectivity index is 2.72. The van der Waals surface area contributed by atoms with E-state index in [1.54, 1.807) is 6.07 Å². The van der Waals surface area contributed by atoms with Gasteiger partial charge in [0.2, 0.25) is 0 Å². The van der Waals surface area contributed by atoms with E-state index in [-0.39, 0.29) is 0 Å². The predicted molar refractivity (Wildman–Crippen MR) is 67.8 cm³/mol. The van der Waals surface area contributed by atoms with Gasteiger partial charge in [-0.3, -0.25) is 0 Å². The molecule has 0 amide bonds. The van der Waals surface area contributed by atoms with Gasteiger partial charge in [0.1, 0.15) is 5.75 Å². The van der Waals surface area contributed by atoms with Gasteiger partial charge in [-0.05, 0) is 60.7 Å². The number of phenolic OH excluding ortho intramolecular Hbond substituents is 1. The fourth-order valence-electron chi connectivity index (χ4n) is 2.12. The summed E-state index contributed by atoms with van der Waals surface area (Å²) in [4.78, 5) is 0. The SMILES string of the molecule is Cc1ccc(O)cc1-c1c(C)cccc1C. The number of hydrogen-bond donors (Lipinski definition) is 1. The molecule has 2 aromatic rings. The first kappa shape index (κ1) is 10.7. The molecule has 0 spiro atoms. The fraction of sp³-hybridized carbons (Fsp3) is 0.200. The average Bonchev–Trinajstić information content (AvgIpc) is 2.23. The molecular formula is C15H16O. The molecule has 1 N–H and O–H groups in total. The molecule has 0 unspecified atom stereocenters. The van der Waals surface area contributed by atoms with Crippen molar-refractivity contribution in [1.82, 2.24) is 0 Å². The van der Waals surface area contributed by atoms with Gasteiger partial charge in [0.05, 0.1) is 0 Å². The van der Waals surface area contributed by atoms with Crippen LogP contribution in [0.25, 0.3) is 11.1 Å². The first-order chi connectivity index (χ1) is 7.59. The number of phenols is 1. The molecule has 0 aromatic heterocycles. The van der Waals surface area contributed by atoms with Gasteiger partial charge in [0.25, 0.3) is 0 Å². The highest BCUT2D eigenvalue weighted by molar-refractivity contribution is 5.74. The molecule has 1 nitrogen and oxygen atoms in total. The maximum absolute atomic E-state index is 9.58. The van der Waals surface area contributed by atoms with Crippen molar-refractivity contribution < 1.29 is 5.11 Å². The molecule has 0 aliphatic heterocycles. The number of aromatic hydroxyl groups is 1. The van der Waals surface area contributed by atoms with Crippen LogP contribution < -0.4 is 0 Å². The second-order valence-corrected chi connectivity index (χ2v) is 4.27. The Morgan fingerprint density at radius 3 is 2.06 bits per heavy atom. The quantitative estimate of drug-likeness (QED) is 0.758. The molecule has 1 heteroatoms. The van der Waals surface area contributed by atoms with Crippen LogP contribution in [0.2, 0.25) is 0 Å². The van der Waals surface area contributed by atoms with E-state index < -0.39 is 0 Å². The van der Waals surface area contributed by atoms with Crippen LogP contribution in [0.4, 0.5) is 0 Å². The van der Waals surface area contributed by atoms with Crippen LogP contribution in [0, 0.1) is 20.8 Å². The smallest absolute Gasteiger partial charge is 0.116 e. The highest BCUT2D eigenvalue weighted by Crippen LogP contribution is 2.31. The minimum absolute atomic E-state index is 0.322. The average molecular weight is 212 g/mol. The topological polar surface area (TPSA) is 20.2 Å².